The SMILES string of the molecule is CCCc1nc(C(N)c2ccc(OC(F)(F)F)cc2)no1. The van der Waals surface area contributed by atoms with Gasteiger partial charge in [-0.1, -0.05) is 24.2 Å². The van der Waals surface area contributed by atoms with E-state index in [0.29, 0.717) is 23.7 Å². The molecule has 0 aliphatic rings. The molecule has 0 aliphatic carbocycles. The van der Waals surface area contributed by atoms with Crippen LogP contribution in [0.3, 0.4) is 0 Å². The Balaban J connectivity index is 2.10. The Labute approximate surface area is 118 Å². The van der Waals surface area contributed by atoms with Crippen molar-refractivity contribution in [1.82, 2.24) is 10.1 Å². The second-order valence-electron chi connectivity index (χ2n) is 4.39. The highest BCUT2D eigenvalue weighted by atomic mass is 19.4. The Hall–Kier alpha value is -2.09. The van der Waals surface area contributed by atoms with Crippen LogP contribution in [0.25, 0.3) is 0 Å². The summed E-state index contributed by atoms with van der Waals surface area (Å²) >= 11 is 0. The van der Waals surface area contributed by atoms with Gasteiger partial charge in [-0.05, 0) is 24.1 Å². The number of hydrogen-bond acceptors (Lipinski definition) is 5. The minimum absolute atomic E-state index is 0.294. The van der Waals surface area contributed by atoms with Crippen LogP contribution < -0.4 is 10.5 Å². The Morgan fingerprint density at radius 2 is 1.95 bits per heavy atom. The molecule has 21 heavy (non-hydrogen) atoms. The van der Waals surface area contributed by atoms with E-state index >= 15 is 0 Å². The van der Waals surface area contributed by atoms with Gasteiger partial charge in [-0.25, -0.2) is 0 Å². The lowest BCUT2D eigenvalue weighted by molar-refractivity contribution is -0.274. The van der Waals surface area contributed by atoms with Crippen molar-refractivity contribution in [2.45, 2.75) is 32.2 Å². The van der Waals surface area contributed by atoms with Gasteiger partial charge in [0.2, 0.25) is 5.89 Å². The summed E-state index contributed by atoms with van der Waals surface area (Å²) in [6.07, 6.45) is -3.20. The molecular weight excluding hydrogens is 287 g/mol. The van der Waals surface area contributed by atoms with E-state index in [4.69, 9.17) is 10.3 Å². The maximum atomic E-state index is 12.1. The zero-order chi connectivity index (χ0) is 15.5. The highest BCUT2D eigenvalue weighted by Gasteiger charge is 2.31. The maximum absolute atomic E-state index is 12.1. The van der Waals surface area contributed by atoms with Gasteiger partial charge in [-0.15, -0.1) is 13.2 Å². The van der Waals surface area contributed by atoms with Crippen LogP contribution in [-0.4, -0.2) is 16.5 Å². The molecule has 1 aromatic carbocycles. The van der Waals surface area contributed by atoms with Gasteiger partial charge in [0.05, 0.1) is 6.04 Å². The lowest BCUT2D eigenvalue weighted by atomic mass is 10.1. The van der Waals surface area contributed by atoms with Crippen molar-refractivity contribution in [3.63, 3.8) is 0 Å². The molecule has 1 unspecified atom stereocenters. The van der Waals surface area contributed by atoms with E-state index < -0.39 is 12.4 Å². The minimum Gasteiger partial charge on any atom is -0.406 e. The molecule has 0 saturated carbocycles. The summed E-state index contributed by atoms with van der Waals surface area (Å²) in [4.78, 5) is 4.14. The van der Waals surface area contributed by atoms with Crippen molar-refractivity contribution < 1.29 is 22.4 Å². The molecule has 0 radical (unpaired) electrons. The van der Waals surface area contributed by atoms with Crippen LogP contribution in [0.2, 0.25) is 0 Å². The molecular formula is C13H14F3N3O2. The van der Waals surface area contributed by atoms with Crippen LogP contribution in [0, 0.1) is 0 Å². The summed E-state index contributed by atoms with van der Waals surface area (Å²) in [7, 11) is 0. The van der Waals surface area contributed by atoms with Gasteiger partial charge in [-0.2, -0.15) is 4.98 Å². The maximum Gasteiger partial charge on any atom is 0.573 e. The van der Waals surface area contributed by atoms with E-state index in [2.05, 4.69) is 14.9 Å². The van der Waals surface area contributed by atoms with Crippen LogP contribution in [0.4, 0.5) is 13.2 Å². The summed E-state index contributed by atoms with van der Waals surface area (Å²) in [6, 6.07) is 4.58. The molecule has 0 bridgehead atoms. The van der Waals surface area contributed by atoms with E-state index in [9.17, 15) is 13.2 Å². The van der Waals surface area contributed by atoms with Gasteiger partial charge in [-0.3, -0.25) is 0 Å². The molecule has 2 aromatic rings. The first-order valence-corrected chi connectivity index (χ1v) is 6.33. The number of benzene rings is 1. The van der Waals surface area contributed by atoms with E-state index in [1.807, 2.05) is 6.92 Å². The Bertz CT molecular complexity index is 581. The lowest BCUT2D eigenvalue weighted by Gasteiger charge is -2.11. The number of aryl methyl sites for hydroxylation is 1. The first-order valence-electron chi connectivity index (χ1n) is 6.33. The molecule has 0 fully saturated rings. The standard InChI is InChI=1S/C13H14F3N3O2/c1-2-3-10-18-12(19-21-10)11(17)8-4-6-9(7-5-8)20-13(14,15)16/h4-7,11H,2-3,17H2,1H3. The van der Waals surface area contributed by atoms with Gasteiger partial charge in [0.1, 0.15) is 5.75 Å². The van der Waals surface area contributed by atoms with Crippen LogP contribution >= 0.6 is 0 Å². The Morgan fingerprint density at radius 1 is 1.29 bits per heavy atom. The third-order valence-corrected chi connectivity index (χ3v) is 2.70. The zero-order valence-electron chi connectivity index (χ0n) is 11.2. The zero-order valence-corrected chi connectivity index (χ0v) is 11.2. The highest BCUT2D eigenvalue weighted by Crippen LogP contribution is 2.25. The first kappa shape index (κ1) is 15.3. The van der Waals surface area contributed by atoms with Crippen LogP contribution in [0.15, 0.2) is 28.8 Å². The van der Waals surface area contributed by atoms with Crippen molar-refractivity contribution in [2.24, 2.45) is 5.73 Å². The molecule has 0 aliphatic heterocycles. The number of nitrogens with zero attached hydrogens (tertiary/aromatic N) is 2. The van der Waals surface area contributed by atoms with E-state index in [1.54, 1.807) is 0 Å². The number of aromatic nitrogens is 2. The van der Waals surface area contributed by atoms with Gasteiger partial charge in [0.25, 0.3) is 0 Å². The molecule has 1 heterocycles. The minimum atomic E-state index is -4.72. The number of rotatable bonds is 5. The molecule has 0 saturated heterocycles. The smallest absolute Gasteiger partial charge is 0.406 e. The second-order valence-corrected chi connectivity index (χ2v) is 4.39. The van der Waals surface area contributed by atoms with Crippen molar-refractivity contribution in [1.29, 1.82) is 0 Å². The van der Waals surface area contributed by atoms with Crippen molar-refractivity contribution in [3.05, 3.63) is 41.5 Å². The summed E-state index contributed by atoms with van der Waals surface area (Å²) in [5.74, 6) is 0.473. The van der Waals surface area contributed by atoms with Gasteiger partial charge >= 0.3 is 6.36 Å². The van der Waals surface area contributed by atoms with Gasteiger partial charge < -0.3 is 15.0 Å². The predicted molar refractivity (Wildman–Crippen MR) is 67.4 cm³/mol. The van der Waals surface area contributed by atoms with Crippen LogP contribution in [0.5, 0.6) is 5.75 Å². The lowest BCUT2D eigenvalue weighted by Crippen LogP contribution is -2.17. The predicted octanol–water partition coefficient (Wildman–Crippen LogP) is 2.97. The normalized spacial score (nSPS) is 13.2. The summed E-state index contributed by atoms with van der Waals surface area (Å²) in [5.41, 5.74) is 6.52. The molecule has 5 nitrogen and oxygen atoms in total. The highest BCUT2D eigenvalue weighted by molar-refractivity contribution is 5.31. The van der Waals surface area contributed by atoms with E-state index in [1.165, 1.54) is 24.3 Å². The summed E-state index contributed by atoms with van der Waals surface area (Å²) in [6.45, 7) is 1.98. The molecule has 1 aromatic heterocycles. The fourth-order valence-corrected chi connectivity index (χ4v) is 1.74. The van der Waals surface area contributed by atoms with Crippen molar-refractivity contribution in [2.75, 3.05) is 0 Å². The number of hydrogen-bond donors (Lipinski definition) is 1. The molecule has 2 rings (SSSR count). The monoisotopic (exact) mass is 301 g/mol. The van der Waals surface area contributed by atoms with Gasteiger partial charge in [0, 0.05) is 6.42 Å². The molecule has 0 spiro atoms. The summed E-state index contributed by atoms with van der Waals surface area (Å²) in [5, 5.41) is 3.77. The quantitative estimate of drug-likeness (QED) is 0.919. The molecule has 8 heteroatoms. The molecule has 114 valence electrons. The van der Waals surface area contributed by atoms with Crippen LogP contribution in [-0.2, 0) is 6.42 Å². The van der Waals surface area contributed by atoms with Crippen molar-refractivity contribution >= 4 is 0 Å². The number of ether oxygens (including phenoxy) is 1. The van der Waals surface area contributed by atoms with Crippen molar-refractivity contribution in [3.8, 4) is 5.75 Å². The molecule has 2 N–H and O–H groups in total. The third-order valence-electron chi connectivity index (χ3n) is 2.70. The van der Waals surface area contributed by atoms with E-state index in [0.717, 1.165) is 6.42 Å². The number of halogens is 3. The first-order chi connectivity index (χ1) is 9.89. The average molecular weight is 301 g/mol. The molecule has 1 atom stereocenters. The van der Waals surface area contributed by atoms with E-state index in [-0.39, 0.29) is 5.75 Å². The fourth-order valence-electron chi connectivity index (χ4n) is 1.74. The topological polar surface area (TPSA) is 74.2 Å². The Morgan fingerprint density at radius 3 is 2.52 bits per heavy atom. The summed E-state index contributed by atoms with van der Waals surface area (Å²) < 4.78 is 45.0. The average Bonchev–Trinajstić information content (AvgIpc) is 2.86. The second kappa shape index (κ2) is 6.13. The third kappa shape index (κ3) is 4.19. The molecule has 0 amide bonds. The number of alkyl halides is 3. The fraction of sp³-hybridized carbons (Fsp3) is 0.385. The Kier molecular flexibility index (Phi) is 4.46. The van der Waals surface area contributed by atoms with Crippen LogP contribution in [0.1, 0.15) is 36.7 Å². The largest absolute Gasteiger partial charge is 0.573 e. The number of nitrogens with two attached hydrogens (primary N) is 1. The van der Waals surface area contributed by atoms with Gasteiger partial charge in [0.15, 0.2) is 5.82 Å².